The molecular weight excluding hydrogens is 430 g/mol. The van der Waals surface area contributed by atoms with Crippen LogP contribution in [0.1, 0.15) is 24.1 Å². The van der Waals surface area contributed by atoms with E-state index in [4.69, 9.17) is 19.9 Å². The number of hydrogen-bond acceptors (Lipinski definition) is 8. The first-order chi connectivity index (χ1) is 14.8. The van der Waals surface area contributed by atoms with Crippen LogP contribution < -0.4 is 19.9 Å². The number of rotatable bonds is 9. The predicted octanol–water partition coefficient (Wildman–Crippen LogP) is 1.56. The van der Waals surface area contributed by atoms with E-state index in [0.717, 1.165) is 12.8 Å². The van der Waals surface area contributed by atoms with Gasteiger partial charge in [0, 0.05) is 18.7 Å². The highest BCUT2D eigenvalue weighted by Crippen LogP contribution is 2.31. The monoisotopic (exact) mass is 450 g/mol. The van der Waals surface area contributed by atoms with Gasteiger partial charge in [-0.1, -0.05) is 5.16 Å². The SMILES string of the molecule is Nc1c(-c2cc(Cc3cnc(OCC4CC4)c(F)c3)no2)ccc[n+]1COP(=O)([O-])O. The lowest BCUT2D eigenvalue weighted by molar-refractivity contribution is -0.712. The van der Waals surface area contributed by atoms with Crippen LogP contribution in [0.5, 0.6) is 5.88 Å². The molecule has 31 heavy (non-hydrogen) atoms. The molecular formula is C19H20FN4O6P. The number of nitrogens with zero attached hydrogens (tertiary/aromatic N) is 3. The first-order valence-corrected chi connectivity index (χ1v) is 11.0. The van der Waals surface area contributed by atoms with Crippen LogP contribution in [0, 0.1) is 11.7 Å². The number of anilines is 1. The van der Waals surface area contributed by atoms with Crippen molar-refractivity contribution in [3.63, 3.8) is 0 Å². The van der Waals surface area contributed by atoms with Crippen molar-refractivity contribution in [2.24, 2.45) is 5.92 Å². The molecule has 0 bridgehead atoms. The van der Waals surface area contributed by atoms with Gasteiger partial charge in [0.1, 0.15) is 5.56 Å². The molecule has 0 spiro atoms. The van der Waals surface area contributed by atoms with E-state index in [2.05, 4.69) is 14.7 Å². The molecule has 0 amide bonds. The zero-order chi connectivity index (χ0) is 22.0. The maximum Gasteiger partial charge on any atom is 0.285 e. The van der Waals surface area contributed by atoms with E-state index in [1.807, 2.05) is 0 Å². The molecule has 0 saturated heterocycles. The number of pyridine rings is 2. The third-order valence-corrected chi connectivity index (χ3v) is 5.14. The maximum atomic E-state index is 14.2. The molecule has 3 aromatic rings. The van der Waals surface area contributed by atoms with Crippen LogP contribution in [0.2, 0.25) is 0 Å². The van der Waals surface area contributed by atoms with Gasteiger partial charge in [0.2, 0.25) is 5.88 Å². The summed E-state index contributed by atoms with van der Waals surface area (Å²) in [6.45, 7) is -0.0256. The molecule has 0 aromatic carbocycles. The van der Waals surface area contributed by atoms with Gasteiger partial charge in [-0.05, 0) is 42.5 Å². The van der Waals surface area contributed by atoms with E-state index < -0.39 is 20.4 Å². The van der Waals surface area contributed by atoms with Crippen molar-refractivity contribution >= 4 is 13.6 Å². The summed E-state index contributed by atoms with van der Waals surface area (Å²) in [7, 11) is -4.89. The number of phosphoric ester groups is 1. The van der Waals surface area contributed by atoms with Gasteiger partial charge in [-0.25, -0.2) is 13.9 Å². The number of ether oxygens (including phenoxy) is 1. The molecule has 10 nitrogen and oxygen atoms in total. The van der Waals surface area contributed by atoms with Crippen LogP contribution in [0.3, 0.4) is 0 Å². The Morgan fingerprint density at radius 3 is 2.94 bits per heavy atom. The van der Waals surface area contributed by atoms with Gasteiger partial charge in [0.05, 0.1) is 18.5 Å². The minimum Gasteiger partial charge on any atom is -0.756 e. The van der Waals surface area contributed by atoms with Crippen molar-refractivity contribution in [3.05, 3.63) is 53.7 Å². The summed E-state index contributed by atoms with van der Waals surface area (Å²) in [6, 6.07) is 6.24. The van der Waals surface area contributed by atoms with Gasteiger partial charge in [0.15, 0.2) is 18.3 Å². The first kappa shape index (κ1) is 21.4. The lowest BCUT2D eigenvalue weighted by atomic mass is 10.1. The third kappa shape index (κ3) is 5.65. The van der Waals surface area contributed by atoms with Crippen LogP contribution in [0.15, 0.2) is 41.2 Å². The summed E-state index contributed by atoms with van der Waals surface area (Å²) in [5.41, 5.74) is 7.60. The van der Waals surface area contributed by atoms with E-state index in [1.54, 1.807) is 18.2 Å². The predicted molar refractivity (Wildman–Crippen MR) is 103 cm³/mol. The zero-order valence-electron chi connectivity index (χ0n) is 16.3. The zero-order valence-corrected chi connectivity index (χ0v) is 17.2. The highest BCUT2D eigenvalue weighted by atomic mass is 31.2. The summed E-state index contributed by atoms with van der Waals surface area (Å²) in [5, 5.41) is 3.98. The normalized spacial score (nSPS) is 15.6. The van der Waals surface area contributed by atoms with E-state index in [9.17, 15) is 13.8 Å². The Kier molecular flexibility index (Phi) is 6.01. The minimum absolute atomic E-state index is 0.00849. The smallest absolute Gasteiger partial charge is 0.285 e. The minimum atomic E-state index is -4.89. The number of hydrogen-bond donors (Lipinski definition) is 2. The third-order valence-electron chi connectivity index (χ3n) is 4.70. The summed E-state index contributed by atoms with van der Waals surface area (Å²) in [5.74, 6) is 0.427. The lowest BCUT2D eigenvalue weighted by Crippen LogP contribution is -2.38. The van der Waals surface area contributed by atoms with Crippen molar-refractivity contribution < 1.29 is 37.1 Å². The second-order valence-electron chi connectivity index (χ2n) is 7.25. The van der Waals surface area contributed by atoms with E-state index in [-0.39, 0.29) is 18.1 Å². The van der Waals surface area contributed by atoms with Crippen molar-refractivity contribution in [1.82, 2.24) is 10.1 Å². The standard InChI is InChI=1S/C19H20FN4O6P/c20-16-7-13(9-22-19(16)28-10-12-3-4-12)6-14-8-17(30-23-14)15-2-1-5-24(18(15)21)11-29-31(25,26)27/h1-2,5,7-9,12,21H,3-4,6,10-11H2,(H2,25,26,27). The first-order valence-electron chi connectivity index (χ1n) is 9.48. The van der Waals surface area contributed by atoms with Crippen LogP contribution in [0.25, 0.3) is 11.3 Å². The highest BCUT2D eigenvalue weighted by Gasteiger charge is 2.23. The van der Waals surface area contributed by atoms with E-state index in [0.29, 0.717) is 35.1 Å². The van der Waals surface area contributed by atoms with Crippen molar-refractivity contribution in [2.75, 3.05) is 12.3 Å². The average Bonchev–Trinajstić information content (AvgIpc) is 3.43. The van der Waals surface area contributed by atoms with Crippen molar-refractivity contribution in [2.45, 2.75) is 26.0 Å². The number of nitrogen functional groups attached to an aromatic ring is 1. The van der Waals surface area contributed by atoms with Gasteiger partial charge < -0.3 is 19.0 Å². The van der Waals surface area contributed by atoms with Crippen LogP contribution in [-0.2, 0) is 22.2 Å². The molecule has 1 saturated carbocycles. The molecule has 164 valence electrons. The molecule has 1 atom stereocenters. The molecule has 1 unspecified atom stereocenters. The van der Waals surface area contributed by atoms with Crippen molar-refractivity contribution in [1.29, 1.82) is 0 Å². The second-order valence-corrected chi connectivity index (χ2v) is 8.44. The van der Waals surface area contributed by atoms with Gasteiger partial charge in [0.25, 0.3) is 13.6 Å². The molecule has 1 fully saturated rings. The Hall–Kier alpha value is -2.85. The second kappa shape index (κ2) is 8.72. The summed E-state index contributed by atoms with van der Waals surface area (Å²) < 4.78 is 41.4. The van der Waals surface area contributed by atoms with Gasteiger partial charge in [-0.2, -0.15) is 0 Å². The summed E-state index contributed by atoms with van der Waals surface area (Å²) >= 11 is 0. The number of aromatic nitrogens is 3. The molecule has 3 aromatic heterocycles. The Labute approximate surface area is 176 Å². The highest BCUT2D eigenvalue weighted by molar-refractivity contribution is 7.44. The molecule has 12 heteroatoms. The molecule has 1 aliphatic rings. The fourth-order valence-corrected chi connectivity index (χ4v) is 3.17. The Balaban J connectivity index is 1.46. The fourth-order valence-electron chi connectivity index (χ4n) is 2.90. The Morgan fingerprint density at radius 1 is 1.42 bits per heavy atom. The van der Waals surface area contributed by atoms with Gasteiger partial charge in [-0.15, -0.1) is 0 Å². The molecule has 3 heterocycles. The topological polar surface area (TPSA) is 148 Å². The Morgan fingerprint density at radius 2 is 2.23 bits per heavy atom. The summed E-state index contributed by atoms with van der Waals surface area (Å²) in [4.78, 5) is 23.6. The molecule has 1 aliphatic carbocycles. The number of halogens is 1. The van der Waals surface area contributed by atoms with Crippen molar-refractivity contribution in [3.8, 4) is 17.2 Å². The lowest BCUT2D eigenvalue weighted by Gasteiger charge is -2.14. The molecule has 0 radical (unpaired) electrons. The van der Waals surface area contributed by atoms with Crippen LogP contribution >= 0.6 is 7.82 Å². The number of phosphoric acid groups is 1. The fraction of sp³-hybridized carbons (Fsp3) is 0.316. The number of nitrogens with two attached hydrogens (primary N) is 1. The largest absolute Gasteiger partial charge is 0.756 e. The maximum absolute atomic E-state index is 14.2. The van der Waals surface area contributed by atoms with Crippen LogP contribution in [0.4, 0.5) is 10.2 Å². The van der Waals surface area contributed by atoms with Crippen LogP contribution in [-0.4, -0.2) is 21.6 Å². The van der Waals surface area contributed by atoms with E-state index >= 15 is 0 Å². The molecule has 4 rings (SSSR count). The summed E-state index contributed by atoms with van der Waals surface area (Å²) in [6.07, 6.45) is 5.49. The Bertz CT molecular complexity index is 1130. The molecule has 0 aliphatic heterocycles. The van der Waals surface area contributed by atoms with Gasteiger partial charge >= 0.3 is 0 Å². The quantitative estimate of drug-likeness (QED) is 0.366. The molecule has 3 N–H and O–H groups in total. The van der Waals surface area contributed by atoms with Gasteiger partial charge in [-0.3, -0.25) is 14.8 Å². The van der Waals surface area contributed by atoms with E-state index in [1.165, 1.54) is 23.0 Å². The average molecular weight is 450 g/mol.